The SMILES string of the molecule is C#CCN(CC1CC1)S(=O)(=O)c1cccc(C)c1. The van der Waals surface area contributed by atoms with Crippen molar-refractivity contribution < 1.29 is 8.42 Å². The van der Waals surface area contributed by atoms with E-state index in [4.69, 9.17) is 6.42 Å². The Morgan fingerprint density at radius 3 is 2.72 bits per heavy atom. The molecule has 0 bridgehead atoms. The van der Waals surface area contributed by atoms with Crippen molar-refractivity contribution in [3.05, 3.63) is 29.8 Å². The first kappa shape index (κ1) is 13.1. The highest BCUT2D eigenvalue weighted by Crippen LogP contribution is 2.31. The van der Waals surface area contributed by atoms with Gasteiger partial charge < -0.3 is 0 Å². The van der Waals surface area contributed by atoms with Gasteiger partial charge in [-0.25, -0.2) is 8.42 Å². The van der Waals surface area contributed by atoms with Gasteiger partial charge in [-0.3, -0.25) is 0 Å². The fourth-order valence-corrected chi connectivity index (χ4v) is 3.40. The maximum Gasteiger partial charge on any atom is 0.243 e. The molecular weight excluding hydrogens is 246 g/mol. The molecule has 0 unspecified atom stereocenters. The molecule has 96 valence electrons. The largest absolute Gasteiger partial charge is 0.243 e. The van der Waals surface area contributed by atoms with Gasteiger partial charge >= 0.3 is 0 Å². The molecular formula is C14H17NO2S. The number of benzene rings is 1. The van der Waals surface area contributed by atoms with Crippen LogP contribution in [0.2, 0.25) is 0 Å². The number of sulfonamides is 1. The van der Waals surface area contributed by atoms with Gasteiger partial charge in [-0.1, -0.05) is 18.1 Å². The van der Waals surface area contributed by atoms with Gasteiger partial charge in [0.1, 0.15) is 0 Å². The molecule has 0 aromatic heterocycles. The van der Waals surface area contributed by atoms with E-state index in [1.54, 1.807) is 18.2 Å². The lowest BCUT2D eigenvalue weighted by Gasteiger charge is -2.19. The third kappa shape index (κ3) is 2.92. The van der Waals surface area contributed by atoms with Crippen LogP contribution in [0, 0.1) is 25.2 Å². The lowest BCUT2D eigenvalue weighted by atomic mass is 10.2. The second-order valence-electron chi connectivity index (χ2n) is 4.76. The first-order valence-electron chi connectivity index (χ1n) is 6.04. The number of hydrogen-bond donors (Lipinski definition) is 0. The molecule has 1 aromatic carbocycles. The molecule has 0 amide bonds. The van der Waals surface area contributed by atoms with Crippen LogP contribution in [-0.2, 0) is 10.0 Å². The summed E-state index contributed by atoms with van der Waals surface area (Å²) >= 11 is 0. The molecule has 0 heterocycles. The van der Waals surface area contributed by atoms with Crippen molar-refractivity contribution in [1.29, 1.82) is 0 Å². The second-order valence-corrected chi connectivity index (χ2v) is 6.70. The van der Waals surface area contributed by atoms with Crippen LogP contribution >= 0.6 is 0 Å². The Bertz CT molecular complexity index is 568. The molecule has 2 rings (SSSR count). The Balaban J connectivity index is 2.29. The molecule has 3 nitrogen and oxygen atoms in total. The van der Waals surface area contributed by atoms with E-state index in [9.17, 15) is 8.42 Å². The molecule has 4 heteroatoms. The zero-order valence-corrected chi connectivity index (χ0v) is 11.3. The predicted molar refractivity (Wildman–Crippen MR) is 71.5 cm³/mol. The number of aryl methyl sites for hydroxylation is 1. The van der Waals surface area contributed by atoms with Crippen molar-refractivity contribution >= 4 is 10.0 Å². The smallest absolute Gasteiger partial charge is 0.207 e. The van der Waals surface area contributed by atoms with Gasteiger partial charge in [0.05, 0.1) is 11.4 Å². The van der Waals surface area contributed by atoms with Gasteiger partial charge in [-0.05, 0) is 43.4 Å². The summed E-state index contributed by atoms with van der Waals surface area (Å²) < 4.78 is 26.4. The molecule has 1 saturated carbocycles. The predicted octanol–water partition coefficient (Wildman–Crippen LogP) is 2.03. The number of rotatable bonds is 5. The number of terminal acetylenes is 1. The first-order chi connectivity index (χ1) is 8.54. The average molecular weight is 263 g/mol. The lowest BCUT2D eigenvalue weighted by molar-refractivity contribution is 0.430. The zero-order chi connectivity index (χ0) is 13.2. The van der Waals surface area contributed by atoms with E-state index in [0.29, 0.717) is 17.4 Å². The van der Waals surface area contributed by atoms with E-state index in [-0.39, 0.29) is 6.54 Å². The van der Waals surface area contributed by atoms with Gasteiger partial charge in [-0.15, -0.1) is 6.42 Å². The van der Waals surface area contributed by atoms with Crippen LogP contribution in [-0.4, -0.2) is 25.8 Å². The fourth-order valence-electron chi connectivity index (χ4n) is 1.86. The van der Waals surface area contributed by atoms with Crippen LogP contribution in [0.5, 0.6) is 0 Å². The fraction of sp³-hybridized carbons (Fsp3) is 0.429. The molecule has 0 spiro atoms. The Kier molecular flexibility index (Phi) is 3.74. The second kappa shape index (κ2) is 5.13. The van der Waals surface area contributed by atoms with Gasteiger partial charge in [0, 0.05) is 6.54 Å². The summed E-state index contributed by atoms with van der Waals surface area (Å²) in [6, 6.07) is 6.95. The molecule has 0 N–H and O–H groups in total. The maximum absolute atomic E-state index is 12.5. The highest BCUT2D eigenvalue weighted by molar-refractivity contribution is 7.89. The maximum atomic E-state index is 12.5. The molecule has 18 heavy (non-hydrogen) atoms. The van der Waals surface area contributed by atoms with E-state index >= 15 is 0 Å². The molecule has 1 aromatic rings. The first-order valence-corrected chi connectivity index (χ1v) is 7.48. The molecule has 0 atom stereocenters. The summed E-state index contributed by atoms with van der Waals surface area (Å²) in [7, 11) is -3.45. The average Bonchev–Trinajstić information content (AvgIpc) is 3.12. The van der Waals surface area contributed by atoms with Crippen LogP contribution < -0.4 is 0 Å². The lowest BCUT2D eigenvalue weighted by Crippen LogP contribution is -2.33. The van der Waals surface area contributed by atoms with Crippen molar-refractivity contribution in [3.63, 3.8) is 0 Å². The molecule has 1 fully saturated rings. The van der Waals surface area contributed by atoms with Crippen LogP contribution in [0.3, 0.4) is 0 Å². The summed E-state index contributed by atoms with van der Waals surface area (Å²) in [6.45, 7) is 2.57. The molecule has 0 aliphatic heterocycles. The minimum absolute atomic E-state index is 0.146. The van der Waals surface area contributed by atoms with Crippen LogP contribution in [0.4, 0.5) is 0 Å². The Morgan fingerprint density at radius 1 is 1.44 bits per heavy atom. The molecule has 0 radical (unpaired) electrons. The van der Waals surface area contributed by atoms with Gasteiger partial charge in [0.15, 0.2) is 0 Å². The highest BCUT2D eigenvalue weighted by atomic mass is 32.2. The number of nitrogens with zero attached hydrogens (tertiary/aromatic N) is 1. The topological polar surface area (TPSA) is 37.4 Å². The summed E-state index contributed by atoms with van der Waals surface area (Å²) in [4.78, 5) is 0.332. The summed E-state index contributed by atoms with van der Waals surface area (Å²) in [5, 5.41) is 0. The van der Waals surface area contributed by atoms with E-state index < -0.39 is 10.0 Å². The number of hydrogen-bond acceptors (Lipinski definition) is 2. The summed E-state index contributed by atoms with van der Waals surface area (Å²) in [6.07, 6.45) is 7.48. The van der Waals surface area contributed by atoms with Crippen LogP contribution in [0.1, 0.15) is 18.4 Å². The molecule has 0 saturated heterocycles. The standard InChI is InChI=1S/C14H17NO2S/c1-3-9-15(11-13-7-8-13)18(16,17)14-6-4-5-12(2)10-14/h1,4-6,10,13H,7-9,11H2,2H3. The Labute approximate surface area is 109 Å². The Morgan fingerprint density at radius 2 is 2.17 bits per heavy atom. The summed E-state index contributed by atoms with van der Waals surface area (Å²) in [5.74, 6) is 2.92. The van der Waals surface area contributed by atoms with Crippen LogP contribution in [0.25, 0.3) is 0 Å². The zero-order valence-electron chi connectivity index (χ0n) is 10.5. The van der Waals surface area contributed by atoms with Crippen molar-refractivity contribution in [3.8, 4) is 12.3 Å². The van der Waals surface area contributed by atoms with Gasteiger partial charge in [-0.2, -0.15) is 4.31 Å². The monoisotopic (exact) mass is 263 g/mol. The van der Waals surface area contributed by atoms with Crippen LogP contribution in [0.15, 0.2) is 29.2 Å². The van der Waals surface area contributed by atoms with Gasteiger partial charge in [0.25, 0.3) is 0 Å². The third-order valence-electron chi connectivity index (χ3n) is 3.05. The minimum Gasteiger partial charge on any atom is -0.207 e. The van der Waals surface area contributed by atoms with E-state index in [1.165, 1.54) is 4.31 Å². The normalized spacial score (nSPS) is 15.6. The summed E-state index contributed by atoms with van der Waals surface area (Å²) in [5.41, 5.74) is 0.933. The van der Waals surface area contributed by atoms with Crippen molar-refractivity contribution in [2.75, 3.05) is 13.1 Å². The van der Waals surface area contributed by atoms with E-state index in [2.05, 4.69) is 5.92 Å². The molecule has 1 aliphatic carbocycles. The van der Waals surface area contributed by atoms with Crippen molar-refractivity contribution in [1.82, 2.24) is 4.31 Å². The van der Waals surface area contributed by atoms with E-state index in [1.807, 2.05) is 13.0 Å². The van der Waals surface area contributed by atoms with Gasteiger partial charge in [0.2, 0.25) is 10.0 Å². The minimum atomic E-state index is -3.45. The Hall–Kier alpha value is -1.31. The van der Waals surface area contributed by atoms with E-state index in [0.717, 1.165) is 18.4 Å². The third-order valence-corrected chi connectivity index (χ3v) is 4.86. The van der Waals surface area contributed by atoms with Crippen molar-refractivity contribution in [2.24, 2.45) is 5.92 Å². The highest BCUT2D eigenvalue weighted by Gasteiger charge is 2.31. The molecule has 1 aliphatic rings. The van der Waals surface area contributed by atoms with Crippen molar-refractivity contribution in [2.45, 2.75) is 24.7 Å². The quantitative estimate of drug-likeness (QED) is 0.762.